The van der Waals surface area contributed by atoms with Gasteiger partial charge < -0.3 is 14.2 Å². The van der Waals surface area contributed by atoms with E-state index in [9.17, 15) is 9.59 Å². The van der Waals surface area contributed by atoms with Crippen LogP contribution < -0.4 is 4.74 Å². The first kappa shape index (κ1) is 23.5. The van der Waals surface area contributed by atoms with Gasteiger partial charge in [-0.1, -0.05) is 30.3 Å². The minimum absolute atomic E-state index is 0.0571. The molecule has 0 atom stereocenters. The number of halogens is 1. The molecule has 0 N–H and O–H groups in total. The summed E-state index contributed by atoms with van der Waals surface area (Å²) < 4.78 is 17.6. The van der Waals surface area contributed by atoms with Crippen LogP contribution in [-0.2, 0) is 31.0 Å². The van der Waals surface area contributed by atoms with E-state index in [0.717, 1.165) is 0 Å². The van der Waals surface area contributed by atoms with Gasteiger partial charge >= 0.3 is 11.9 Å². The molecular formula is C22H25ClN4O5. The molecule has 9 nitrogen and oxygen atoms in total. The van der Waals surface area contributed by atoms with Crippen molar-refractivity contribution in [3.8, 4) is 5.88 Å². The molecule has 0 aliphatic heterocycles. The fourth-order valence-corrected chi connectivity index (χ4v) is 3.81. The van der Waals surface area contributed by atoms with Crippen molar-refractivity contribution in [3.05, 3.63) is 47.4 Å². The Kier molecular flexibility index (Phi) is 7.63. The quantitative estimate of drug-likeness (QED) is 0.257. The molecule has 0 radical (unpaired) electrons. The fraction of sp³-hybridized carbons (Fsp3) is 0.409. The zero-order valence-corrected chi connectivity index (χ0v) is 19.0. The summed E-state index contributed by atoms with van der Waals surface area (Å²) in [4.78, 5) is 34.5. The lowest BCUT2D eigenvalue weighted by Crippen LogP contribution is -2.46. The molecule has 0 aliphatic rings. The first-order valence-corrected chi connectivity index (χ1v) is 10.7. The second-order valence-electron chi connectivity index (χ2n) is 6.92. The number of carbonyl (C=O) groups excluding carboxylic acids is 2. The summed E-state index contributed by atoms with van der Waals surface area (Å²) in [7, 11) is 1.48. The molecule has 32 heavy (non-hydrogen) atoms. The van der Waals surface area contributed by atoms with Gasteiger partial charge in [-0.3, -0.25) is 14.3 Å². The van der Waals surface area contributed by atoms with Crippen LogP contribution in [0.4, 0.5) is 0 Å². The number of carbonyl (C=O) groups is 2. The SMILES string of the molecule is CCOC(=O)C(CCCn1ncc2nc(Cl)nc(OC)c21)(C(=O)OCC)c1ccccc1. The van der Waals surface area contributed by atoms with Crippen molar-refractivity contribution < 1.29 is 23.8 Å². The highest BCUT2D eigenvalue weighted by molar-refractivity contribution is 6.28. The van der Waals surface area contributed by atoms with Gasteiger partial charge in [0, 0.05) is 6.54 Å². The molecule has 2 heterocycles. The molecule has 0 saturated carbocycles. The number of ether oxygens (including phenoxy) is 3. The smallest absolute Gasteiger partial charge is 0.328 e. The minimum Gasteiger partial charge on any atom is -0.479 e. The Morgan fingerprint density at radius 1 is 1.06 bits per heavy atom. The number of rotatable bonds is 10. The van der Waals surface area contributed by atoms with Gasteiger partial charge in [-0.25, -0.2) is 4.98 Å². The highest BCUT2D eigenvalue weighted by atomic mass is 35.5. The standard InChI is InChI=1S/C22H25ClN4O5/c1-4-31-19(28)22(20(29)32-5-2,15-10-7-6-8-11-15)12-9-13-27-17-16(14-24-27)25-21(23)26-18(17)30-3/h6-8,10-11,14H,4-5,9,12-13H2,1-3H3. The van der Waals surface area contributed by atoms with Crippen LogP contribution in [0.5, 0.6) is 5.88 Å². The third-order valence-electron chi connectivity index (χ3n) is 5.06. The van der Waals surface area contributed by atoms with Crippen molar-refractivity contribution >= 4 is 34.6 Å². The maximum atomic E-state index is 13.1. The molecule has 0 saturated heterocycles. The van der Waals surface area contributed by atoms with Gasteiger partial charge in [0.25, 0.3) is 0 Å². The predicted octanol–water partition coefficient (Wildman–Crippen LogP) is 3.33. The van der Waals surface area contributed by atoms with Crippen molar-refractivity contribution in [1.29, 1.82) is 0 Å². The Labute approximate surface area is 190 Å². The molecule has 0 spiro atoms. The lowest BCUT2D eigenvalue weighted by atomic mass is 9.76. The highest BCUT2D eigenvalue weighted by Gasteiger charge is 2.50. The minimum atomic E-state index is -1.58. The van der Waals surface area contributed by atoms with Crippen LogP contribution in [0.3, 0.4) is 0 Å². The Morgan fingerprint density at radius 3 is 2.31 bits per heavy atom. The van der Waals surface area contributed by atoms with Crippen LogP contribution in [0.25, 0.3) is 11.0 Å². The average Bonchev–Trinajstić information content (AvgIpc) is 3.19. The summed E-state index contributed by atoms with van der Waals surface area (Å²) in [5, 5.41) is 4.40. The van der Waals surface area contributed by atoms with Crippen LogP contribution in [0.15, 0.2) is 36.5 Å². The molecule has 1 aromatic carbocycles. The molecule has 170 valence electrons. The maximum absolute atomic E-state index is 13.1. The van der Waals surface area contributed by atoms with E-state index in [-0.39, 0.29) is 24.9 Å². The normalized spacial score (nSPS) is 11.4. The summed E-state index contributed by atoms with van der Waals surface area (Å²) in [6.07, 6.45) is 2.13. The van der Waals surface area contributed by atoms with E-state index in [1.165, 1.54) is 7.11 Å². The van der Waals surface area contributed by atoms with Crippen molar-refractivity contribution in [2.24, 2.45) is 0 Å². The van der Waals surface area contributed by atoms with E-state index in [1.807, 2.05) is 6.07 Å². The van der Waals surface area contributed by atoms with E-state index < -0.39 is 17.4 Å². The first-order valence-electron chi connectivity index (χ1n) is 10.3. The molecular weight excluding hydrogens is 436 g/mol. The number of hydrogen-bond acceptors (Lipinski definition) is 8. The molecule has 0 unspecified atom stereocenters. The van der Waals surface area contributed by atoms with E-state index >= 15 is 0 Å². The van der Waals surface area contributed by atoms with Gasteiger partial charge in [0.05, 0.1) is 26.5 Å². The van der Waals surface area contributed by atoms with Crippen LogP contribution in [0.2, 0.25) is 5.28 Å². The predicted molar refractivity (Wildman–Crippen MR) is 118 cm³/mol. The van der Waals surface area contributed by atoms with Crippen LogP contribution in [0, 0.1) is 0 Å². The Balaban J connectivity index is 1.95. The van der Waals surface area contributed by atoms with Crippen LogP contribution in [-0.4, -0.2) is 52.0 Å². The summed E-state index contributed by atoms with van der Waals surface area (Å²) in [6, 6.07) is 8.83. The van der Waals surface area contributed by atoms with Crippen molar-refractivity contribution in [2.75, 3.05) is 20.3 Å². The number of aryl methyl sites for hydroxylation is 1. The Morgan fingerprint density at radius 2 is 1.72 bits per heavy atom. The van der Waals surface area contributed by atoms with Gasteiger partial charge in [-0.15, -0.1) is 0 Å². The largest absolute Gasteiger partial charge is 0.479 e. The topological polar surface area (TPSA) is 105 Å². The molecule has 3 aromatic rings. The number of aromatic nitrogens is 4. The average molecular weight is 461 g/mol. The van der Waals surface area contributed by atoms with Gasteiger partial charge in [-0.05, 0) is 43.9 Å². The van der Waals surface area contributed by atoms with Crippen LogP contribution in [0.1, 0.15) is 32.3 Å². The number of benzene rings is 1. The second kappa shape index (κ2) is 10.4. The lowest BCUT2D eigenvalue weighted by molar-refractivity contribution is -0.165. The molecule has 0 fully saturated rings. The number of hydrogen-bond donors (Lipinski definition) is 0. The molecule has 10 heteroatoms. The van der Waals surface area contributed by atoms with Gasteiger partial charge in [0.2, 0.25) is 11.2 Å². The zero-order chi connectivity index (χ0) is 23.1. The Hall–Kier alpha value is -3.20. The third kappa shape index (κ3) is 4.52. The van der Waals surface area contributed by atoms with Gasteiger partial charge in [0.1, 0.15) is 11.0 Å². The van der Waals surface area contributed by atoms with E-state index in [0.29, 0.717) is 35.4 Å². The van der Waals surface area contributed by atoms with Crippen molar-refractivity contribution in [1.82, 2.24) is 19.7 Å². The lowest BCUT2D eigenvalue weighted by Gasteiger charge is -2.29. The number of fused-ring (bicyclic) bond motifs is 1. The maximum Gasteiger partial charge on any atom is 0.328 e. The fourth-order valence-electron chi connectivity index (χ4n) is 3.64. The highest BCUT2D eigenvalue weighted by Crippen LogP contribution is 2.34. The van der Waals surface area contributed by atoms with Crippen LogP contribution >= 0.6 is 11.6 Å². The van der Waals surface area contributed by atoms with Crippen molar-refractivity contribution in [2.45, 2.75) is 38.6 Å². The first-order chi connectivity index (χ1) is 15.5. The molecule has 2 aromatic heterocycles. The molecule has 3 rings (SSSR count). The second-order valence-corrected chi connectivity index (χ2v) is 7.26. The molecule has 0 amide bonds. The van der Waals surface area contributed by atoms with Crippen molar-refractivity contribution in [3.63, 3.8) is 0 Å². The Bertz CT molecular complexity index is 1070. The summed E-state index contributed by atoms with van der Waals surface area (Å²) in [6.45, 7) is 4.06. The van der Waals surface area contributed by atoms with E-state index in [1.54, 1.807) is 49.0 Å². The number of esters is 2. The number of nitrogens with zero attached hydrogens (tertiary/aromatic N) is 4. The van der Waals surface area contributed by atoms with E-state index in [2.05, 4.69) is 15.1 Å². The van der Waals surface area contributed by atoms with Gasteiger partial charge in [0.15, 0.2) is 5.41 Å². The zero-order valence-electron chi connectivity index (χ0n) is 18.2. The third-order valence-corrected chi connectivity index (χ3v) is 5.23. The summed E-state index contributed by atoms with van der Waals surface area (Å²) >= 11 is 5.93. The monoisotopic (exact) mass is 460 g/mol. The summed E-state index contributed by atoms with van der Waals surface area (Å²) in [5.41, 5.74) is 0.0523. The number of methoxy groups -OCH3 is 1. The van der Waals surface area contributed by atoms with E-state index in [4.69, 9.17) is 25.8 Å². The molecule has 0 aliphatic carbocycles. The summed E-state index contributed by atoms with van der Waals surface area (Å²) in [5.74, 6) is -0.979. The molecule has 0 bridgehead atoms. The van der Waals surface area contributed by atoms with Gasteiger partial charge in [-0.2, -0.15) is 10.1 Å².